The van der Waals surface area contributed by atoms with E-state index in [1.165, 1.54) is 19.3 Å². The van der Waals surface area contributed by atoms with Gasteiger partial charge in [-0.1, -0.05) is 25.1 Å². The molecule has 2 atom stereocenters. The predicted octanol–water partition coefficient (Wildman–Crippen LogP) is 3.80. The Kier molecular flexibility index (Phi) is 4.70. The molecule has 3 aliphatic rings. The Morgan fingerprint density at radius 3 is 2.85 bits per heavy atom. The van der Waals surface area contributed by atoms with Gasteiger partial charge in [0.05, 0.1) is 11.1 Å². The summed E-state index contributed by atoms with van der Waals surface area (Å²) in [7, 11) is 0. The molecule has 0 unspecified atom stereocenters. The molecule has 0 radical (unpaired) electrons. The van der Waals surface area contributed by atoms with Gasteiger partial charge < -0.3 is 4.90 Å². The molecule has 0 N–H and O–H groups in total. The number of carbonyl (C=O) groups excluding carboxylic acids is 1. The molecule has 2 aromatic rings. The number of piperidine rings is 1. The number of aryl methyl sites for hydroxylation is 2. The third-order valence-corrected chi connectivity index (χ3v) is 6.02. The molecule has 2 bridgehead atoms. The highest BCUT2D eigenvalue weighted by Gasteiger charge is 2.36. The van der Waals surface area contributed by atoms with Gasteiger partial charge in [-0.2, -0.15) is 0 Å². The number of fused-ring (bicyclic) bond motifs is 5. The van der Waals surface area contributed by atoms with E-state index < -0.39 is 0 Å². The van der Waals surface area contributed by atoms with Crippen LogP contribution in [0.25, 0.3) is 10.9 Å². The summed E-state index contributed by atoms with van der Waals surface area (Å²) in [6, 6.07) is 8.63. The lowest BCUT2D eigenvalue weighted by atomic mass is 9.95. The van der Waals surface area contributed by atoms with Gasteiger partial charge in [-0.05, 0) is 57.2 Å². The third kappa shape index (κ3) is 3.11. The standard InChI is InChI=1S/C22H29N3O/c1-4-10-24-12-17-8-9-18(24)14-25(13-17)22(26)20-11-16(3)23-21-15(2)6-5-7-19(20)21/h5-7,11,17-18H,4,8-10,12-14H2,1-3H3/t17-,18-/m1/s1. The van der Waals surface area contributed by atoms with Crippen LogP contribution >= 0.6 is 0 Å². The van der Waals surface area contributed by atoms with E-state index in [2.05, 4.69) is 34.7 Å². The van der Waals surface area contributed by atoms with Crippen molar-refractivity contribution in [2.75, 3.05) is 26.2 Å². The minimum atomic E-state index is 0.182. The summed E-state index contributed by atoms with van der Waals surface area (Å²) in [6.45, 7) is 10.4. The Bertz CT molecular complexity index is 831. The lowest BCUT2D eigenvalue weighted by molar-refractivity contribution is 0.0740. The number of carbonyl (C=O) groups is 1. The predicted molar refractivity (Wildman–Crippen MR) is 105 cm³/mol. The molecule has 26 heavy (non-hydrogen) atoms. The van der Waals surface area contributed by atoms with Gasteiger partial charge >= 0.3 is 0 Å². The number of pyridine rings is 1. The Morgan fingerprint density at radius 1 is 1.19 bits per heavy atom. The van der Waals surface area contributed by atoms with Crippen LogP contribution < -0.4 is 0 Å². The number of rotatable bonds is 3. The van der Waals surface area contributed by atoms with Gasteiger partial charge in [0, 0.05) is 36.8 Å². The van der Waals surface area contributed by atoms with E-state index in [0.717, 1.165) is 53.9 Å². The highest BCUT2D eigenvalue weighted by Crippen LogP contribution is 2.30. The summed E-state index contributed by atoms with van der Waals surface area (Å²) in [5.41, 5.74) is 3.83. The summed E-state index contributed by atoms with van der Waals surface area (Å²) < 4.78 is 0. The van der Waals surface area contributed by atoms with E-state index in [-0.39, 0.29) is 5.91 Å². The summed E-state index contributed by atoms with van der Waals surface area (Å²) in [4.78, 5) is 22.9. The largest absolute Gasteiger partial charge is 0.337 e. The van der Waals surface area contributed by atoms with Crippen molar-refractivity contribution < 1.29 is 4.79 Å². The lowest BCUT2D eigenvalue weighted by Crippen LogP contribution is -2.44. The Labute approximate surface area is 156 Å². The molecule has 3 saturated heterocycles. The van der Waals surface area contributed by atoms with Crippen molar-refractivity contribution in [2.45, 2.75) is 46.1 Å². The summed E-state index contributed by atoms with van der Waals surface area (Å²) in [6.07, 6.45) is 3.66. The zero-order valence-corrected chi connectivity index (χ0v) is 16.2. The third-order valence-electron chi connectivity index (χ3n) is 6.02. The first-order chi connectivity index (χ1) is 12.6. The molecule has 1 amide bonds. The van der Waals surface area contributed by atoms with Crippen molar-refractivity contribution >= 4 is 16.8 Å². The first-order valence-corrected chi connectivity index (χ1v) is 9.97. The molecule has 4 heterocycles. The van der Waals surface area contributed by atoms with E-state index in [0.29, 0.717) is 12.0 Å². The van der Waals surface area contributed by atoms with Crippen LogP contribution in [0.3, 0.4) is 0 Å². The molecule has 0 spiro atoms. The van der Waals surface area contributed by atoms with Gasteiger partial charge in [-0.25, -0.2) is 0 Å². The van der Waals surface area contributed by atoms with Crippen LogP contribution in [-0.4, -0.2) is 52.9 Å². The van der Waals surface area contributed by atoms with E-state index in [9.17, 15) is 4.79 Å². The average molecular weight is 351 g/mol. The first-order valence-electron chi connectivity index (χ1n) is 9.97. The average Bonchev–Trinajstić information content (AvgIpc) is 2.93. The Morgan fingerprint density at radius 2 is 2.04 bits per heavy atom. The van der Waals surface area contributed by atoms with Crippen LogP contribution in [0, 0.1) is 19.8 Å². The maximum Gasteiger partial charge on any atom is 0.254 e. The Hall–Kier alpha value is -1.94. The van der Waals surface area contributed by atoms with Crippen molar-refractivity contribution in [2.24, 2.45) is 5.92 Å². The second kappa shape index (κ2) is 6.99. The van der Waals surface area contributed by atoms with Crippen LogP contribution in [0.15, 0.2) is 24.3 Å². The topological polar surface area (TPSA) is 36.4 Å². The first kappa shape index (κ1) is 17.5. The van der Waals surface area contributed by atoms with Gasteiger partial charge in [0.15, 0.2) is 0 Å². The fourth-order valence-electron chi connectivity index (χ4n) is 4.77. The second-order valence-electron chi connectivity index (χ2n) is 8.08. The summed E-state index contributed by atoms with van der Waals surface area (Å²) in [5, 5.41) is 0.989. The molecule has 0 saturated carbocycles. The number of hydrogen-bond acceptors (Lipinski definition) is 3. The molecular weight excluding hydrogens is 322 g/mol. The normalized spacial score (nSPS) is 23.4. The number of amides is 1. The highest BCUT2D eigenvalue weighted by atomic mass is 16.2. The zero-order valence-electron chi connectivity index (χ0n) is 16.2. The van der Waals surface area contributed by atoms with E-state index in [1.807, 2.05) is 25.1 Å². The molecule has 5 rings (SSSR count). The minimum absolute atomic E-state index is 0.182. The molecule has 1 aromatic carbocycles. The lowest BCUT2D eigenvalue weighted by Gasteiger charge is -2.35. The summed E-state index contributed by atoms with van der Waals surface area (Å²) >= 11 is 0. The molecule has 4 nitrogen and oxygen atoms in total. The molecule has 3 fully saturated rings. The molecule has 4 heteroatoms. The molecular formula is C22H29N3O. The van der Waals surface area contributed by atoms with Crippen molar-refractivity contribution in [1.82, 2.24) is 14.8 Å². The molecule has 3 aliphatic heterocycles. The summed E-state index contributed by atoms with van der Waals surface area (Å²) in [5.74, 6) is 0.793. The van der Waals surface area contributed by atoms with Crippen molar-refractivity contribution in [3.05, 3.63) is 41.1 Å². The molecule has 0 aliphatic carbocycles. The maximum atomic E-state index is 13.5. The zero-order chi connectivity index (χ0) is 18.3. The van der Waals surface area contributed by atoms with Crippen LogP contribution in [0.4, 0.5) is 0 Å². The van der Waals surface area contributed by atoms with Crippen LogP contribution in [0.2, 0.25) is 0 Å². The van der Waals surface area contributed by atoms with Crippen molar-refractivity contribution in [3.8, 4) is 0 Å². The van der Waals surface area contributed by atoms with E-state index >= 15 is 0 Å². The number of benzene rings is 1. The fraction of sp³-hybridized carbons (Fsp3) is 0.545. The minimum Gasteiger partial charge on any atom is -0.337 e. The van der Waals surface area contributed by atoms with E-state index in [4.69, 9.17) is 0 Å². The van der Waals surface area contributed by atoms with Gasteiger partial charge in [0.2, 0.25) is 0 Å². The van der Waals surface area contributed by atoms with Gasteiger partial charge in [-0.15, -0.1) is 0 Å². The smallest absolute Gasteiger partial charge is 0.254 e. The van der Waals surface area contributed by atoms with Crippen LogP contribution in [0.1, 0.15) is 47.8 Å². The van der Waals surface area contributed by atoms with Crippen LogP contribution in [-0.2, 0) is 0 Å². The number of aromatic nitrogens is 1. The van der Waals surface area contributed by atoms with Crippen molar-refractivity contribution in [1.29, 1.82) is 0 Å². The van der Waals surface area contributed by atoms with Crippen molar-refractivity contribution in [3.63, 3.8) is 0 Å². The van der Waals surface area contributed by atoms with E-state index in [1.54, 1.807) is 0 Å². The number of para-hydroxylation sites is 1. The highest BCUT2D eigenvalue weighted by molar-refractivity contribution is 6.06. The number of hydrogen-bond donors (Lipinski definition) is 0. The fourth-order valence-corrected chi connectivity index (χ4v) is 4.77. The van der Waals surface area contributed by atoms with Crippen LogP contribution in [0.5, 0.6) is 0 Å². The SMILES string of the molecule is CCCN1C[C@H]2CC[C@@H]1CN(C(=O)c1cc(C)nc3c(C)cccc13)C2. The Balaban J connectivity index is 1.68. The molecule has 138 valence electrons. The molecule has 1 aromatic heterocycles. The maximum absolute atomic E-state index is 13.5. The monoisotopic (exact) mass is 351 g/mol. The van der Waals surface area contributed by atoms with Gasteiger partial charge in [0.25, 0.3) is 5.91 Å². The second-order valence-corrected chi connectivity index (χ2v) is 8.08. The quantitative estimate of drug-likeness (QED) is 0.844. The van der Waals surface area contributed by atoms with Gasteiger partial charge in [-0.3, -0.25) is 14.7 Å². The van der Waals surface area contributed by atoms with Gasteiger partial charge in [0.1, 0.15) is 0 Å². The number of nitrogens with zero attached hydrogens (tertiary/aromatic N) is 3.